The monoisotopic (exact) mass is 518 g/mol. The lowest BCUT2D eigenvalue weighted by atomic mass is 10.2. The van der Waals surface area contributed by atoms with Gasteiger partial charge in [-0.3, -0.25) is 9.59 Å². The van der Waals surface area contributed by atoms with Gasteiger partial charge in [0, 0.05) is 17.4 Å². The summed E-state index contributed by atoms with van der Waals surface area (Å²) < 4.78 is 41.5. The Balaban J connectivity index is 2.38. The number of methoxy groups -OCH3 is 5. The Kier molecular flexibility index (Phi) is 8.10. The minimum Gasteiger partial charge on any atom is -0.496 e. The number of hydrogen-bond acceptors (Lipinski definition) is 8. The Morgan fingerprint density at radius 1 is 0.686 bits per heavy atom. The number of ether oxygens (including phenoxy) is 5. The summed E-state index contributed by atoms with van der Waals surface area (Å²) in [5.74, 6) is 0.386. The van der Waals surface area contributed by atoms with Crippen LogP contribution >= 0.6 is 18.7 Å². The Morgan fingerprint density at radius 2 is 1.23 bits per heavy atom. The number of halogens is 1. The zero-order chi connectivity index (χ0) is 25.8. The summed E-state index contributed by atoms with van der Waals surface area (Å²) in [4.78, 5) is 28.2. The quantitative estimate of drug-likeness (QED) is 0.344. The van der Waals surface area contributed by atoms with Gasteiger partial charge in [-0.2, -0.15) is 0 Å². The van der Waals surface area contributed by atoms with E-state index in [1.165, 1.54) is 71.9 Å². The molecule has 3 aromatic carbocycles. The first-order chi connectivity index (χ1) is 16.8. The van der Waals surface area contributed by atoms with Crippen LogP contribution in [-0.2, 0) is 4.57 Å². The van der Waals surface area contributed by atoms with Gasteiger partial charge >= 0.3 is 0 Å². The van der Waals surface area contributed by atoms with Gasteiger partial charge in [-0.05, 0) is 12.1 Å². The summed E-state index contributed by atoms with van der Waals surface area (Å²) in [5.41, 5.74) is -2.38. The third-order valence-corrected chi connectivity index (χ3v) is 8.24. The van der Waals surface area contributed by atoms with E-state index in [1.807, 2.05) is 0 Å². The molecule has 0 aromatic heterocycles. The van der Waals surface area contributed by atoms with Crippen LogP contribution in [0.3, 0.4) is 0 Å². The van der Waals surface area contributed by atoms with Crippen molar-refractivity contribution in [1.82, 2.24) is 0 Å². The van der Waals surface area contributed by atoms with Gasteiger partial charge in [0.25, 0.3) is 0 Å². The molecule has 3 aromatic rings. The van der Waals surface area contributed by atoms with Crippen molar-refractivity contribution >= 4 is 35.1 Å². The molecule has 0 aliphatic rings. The van der Waals surface area contributed by atoms with Gasteiger partial charge in [0.15, 0.2) is 5.75 Å². The molecule has 0 spiro atoms. The molecule has 3 rings (SSSR count). The van der Waals surface area contributed by atoms with E-state index in [0.717, 1.165) is 0 Å². The maximum absolute atomic E-state index is 14.8. The molecule has 8 nitrogen and oxygen atoms in total. The molecule has 0 saturated heterocycles. The lowest BCUT2D eigenvalue weighted by Gasteiger charge is -2.22. The molecule has 0 aliphatic heterocycles. The van der Waals surface area contributed by atoms with Crippen molar-refractivity contribution < 1.29 is 37.8 Å². The summed E-state index contributed by atoms with van der Waals surface area (Å²) in [7, 11) is 2.16. The Labute approximate surface area is 208 Å². The van der Waals surface area contributed by atoms with Crippen molar-refractivity contribution in [2.75, 3.05) is 35.5 Å². The maximum Gasteiger partial charge on any atom is 0.249 e. The Hall–Kier alpha value is -3.48. The summed E-state index contributed by atoms with van der Waals surface area (Å²) in [6.45, 7) is 0. The molecule has 0 heterocycles. The second kappa shape index (κ2) is 10.8. The largest absolute Gasteiger partial charge is 0.496 e. The Morgan fingerprint density at radius 3 is 1.71 bits per heavy atom. The van der Waals surface area contributed by atoms with Gasteiger partial charge in [0.2, 0.25) is 18.2 Å². The predicted molar refractivity (Wildman–Crippen MR) is 133 cm³/mol. The highest BCUT2D eigenvalue weighted by Crippen LogP contribution is 2.56. The Bertz CT molecular complexity index is 1280. The summed E-state index contributed by atoms with van der Waals surface area (Å²) >= 11 is 6.26. The first kappa shape index (κ1) is 26.1. The van der Waals surface area contributed by atoms with E-state index in [0.29, 0.717) is 5.75 Å². The van der Waals surface area contributed by atoms with Gasteiger partial charge in [0.1, 0.15) is 34.1 Å². The molecule has 184 valence electrons. The van der Waals surface area contributed by atoms with Crippen molar-refractivity contribution in [2.45, 2.75) is 0 Å². The molecule has 35 heavy (non-hydrogen) atoms. The molecule has 0 aliphatic carbocycles. The summed E-state index contributed by atoms with van der Waals surface area (Å²) in [5, 5.41) is 0.0994. The third-order valence-electron chi connectivity index (χ3n) is 5.33. The predicted octanol–water partition coefficient (Wildman–Crippen LogP) is 5.05. The zero-order valence-corrected chi connectivity index (χ0v) is 21.4. The maximum atomic E-state index is 14.8. The molecule has 1 atom stereocenters. The smallest absolute Gasteiger partial charge is 0.249 e. The lowest BCUT2D eigenvalue weighted by Crippen LogP contribution is -2.22. The molecular formula is C25H24ClO8P. The highest BCUT2D eigenvalue weighted by atomic mass is 35.5. The number of carbonyl (C=O) groups is 2. The number of rotatable bonds is 10. The first-order valence-corrected chi connectivity index (χ1v) is 12.3. The molecule has 10 heteroatoms. The SMILES string of the molecule is COc1cc(OC)c(C(=O)P(=O)(C(=O)c2c(OC)ccc(Cl)c2OC)c2ccccc2)c(OC)c1. The van der Waals surface area contributed by atoms with E-state index < -0.39 is 18.2 Å². The van der Waals surface area contributed by atoms with Crippen molar-refractivity contribution in [3.05, 3.63) is 70.7 Å². The van der Waals surface area contributed by atoms with Gasteiger partial charge in [-0.25, -0.2) is 0 Å². The topological polar surface area (TPSA) is 97.4 Å². The van der Waals surface area contributed by atoms with Crippen LogP contribution in [0.4, 0.5) is 0 Å². The van der Waals surface area contributed by atoms with Gasteiger partial charge in [-0.1, -0.05) is 41.9 Å². The third kappa shape index (κ3) is 4.59. The minimum atomic E-state index is -4.60. The van der Waals surface area contributed by atoms with E-state index >= 15 is 0 Å². The van der Waals surface area contributed by atoms with E-state index in [2.05, 4.69) is 0 Å². The standard InChI is InChI=1S/C25H24ClO8P/c1-30-15-13-19(32-3)21(20(14-15)33-4)24(27)35(29,16-9-7-6-8-10-16)25(28)22-18(31-2)12-11-17(26)23(22)34-5/h6-14H,1-5H3. The van der Waals surface area contributed by atoms with Crippen molar-refractivity contribution in [3.8, 4) is 28.7 Å². The first-order valence-electron chi connectivity index (χ1n) is 10.2. The summed E-state index contributed by atoms with van der Waals surface area (Å²) in [6.07, 6.45) is 0. The molecular weight excluding hydrogens is 495 g/mol. The van der Waals surface area contributed by atoms with E-state index in [-0.39, 0.29) is 44.5 Å². The van der Waals surface area contributed by atoms with Crippen LogP contribution in [-0.4, -0.2) is 46.6 Å². The fourth-order valence-corrected chi connectivity index (χ4v) is 6.15. The van der Waals surface area contributed by atoms with Crippen molar-refractivity contribution in [2.24, 2.45) is 0 Å². The molecule has 0 bridgehead atoms. The highest BCUT2D eigenvalue weighted by Gasteiger charge is 2.47. The van der Waals surface area contributed by atoms with Gasteiger partial charge in [0.05, 0.1) is 40.6 Å². The van der Waals surface area contributed by atoms with Crippen LogP contribution in [0.2, 0.25) is 5.02 Å². The molecule has 0 fully saturated rings. The van der Waals surface area contributed by atoms with E-state index in [4.69, 9.17) is 35.3 Å². The zero-order valence-electron chi connectivity index (χ0n) is 19.8. The number of carbonyl (C=O) groups excluding carboxylic acids is 2. The van der Waals surface area contributed by atoms with Crippen LogP contribution in [0.15, 0.2) is 54.6 Å². The van der Waals surface area contributed by atoms with Gasteiger partial charge in [-0.15, -0.1) is 0 Å². The average Bonchev–Trinajstić information content (AvgIpc) is 2.90. The van der Waals surface area contributed by atoms with Crippen LogP contribution in [0.1, 0.15) is 20.7 Å². The normalized spacial score (nSPS) is 12.3. The van der Waals surface area contributed by atoms with Crippen LogP contribution in [0, 0.1) is 0 Å². The fourth-order valence-electron chi connectivity index (χ4n) is 3.61. The van der Waals surface area contributed by atoms with E-state index in [1.54, 1.807) is 18.2 Å². The van der Waals surface area contributed by atoms with Crippen molar-refractivity contribution in [3.63, 3.8) is 0 Å². The second-order valence-electron chi connectivity index (χ2n) is 7.12. The molecule has 0 amide bonds. The van der Waals surface area contributed by atoms with Crippen molar-refractivity contribution in [1.29, 1.82) is 0 Å². The van der Waals surface area contributed by atoms with Crippen LogP contribution < -0.4 is 29.0 Å². The van der Waals surface area contributed by atoms with Gasteiger partial charge < -0.3 is 28.2 Å². The minimum absolute atomic E-state index is 0.0130. The number of hydrogen-bond donors (Lipinski definition) is 0. The highest BCUT2D eigenvalue weighted by molar-refractivity contribution is 8.01. The number of benzene rings is 3. The van der Waals surface area contributed by atoms with E-state index in [9.17, 15) is 14.2 Å². The molecule has 0 saturated carbocycles. The fraction of sp³-hybridized carbons (Fsp3) is 0.200. The summed E-state index contributed by atoms with van der Waals surface area (Å²) in [6, 6.07) is 13.5. The van der Waals surface area contributed by atoms with Crippen LogP contribution in [0.5, 0.6) is 28.7 Å². The average molecular weight is 519 g/mol. The second-order valence-corrected chi connectivity index (χ2v) is 10.1. The molecule has 0 radical (unpaired) electrons. The molecule has 1 unspecified atom stereocenters. The molecule has 0 N–H and O–H groups in total. The van der Waals surface area contributed by atoms with Crippen LogP contribution in [0.25, 0.3) is 0 Å². The lowest BCUT2D eigenvalue weighted by molar-refractivity contribution is 0.103.